The molecule has 3 aromatic carbocycles. The third-order valence-electron chi connectivity index (χ3n) is 6.77. The number of carbonyl (C=O) groups excluding carboxylic acids is 3. The molecule has 2 saturated heterocycles. The third-order valence-corrected chi connectivity index (χ3v) is 8.79. The summed E-state index contributed by atoms with van der Waals surface area (Å²) in [5.74, 6) is 0.283. The molecule has 8 nitrogen and oxygen atoms in total. The molecule has 0 radical (unpaired) electrons. The molecule has 0 saturated carbocycles. The second kappa shape index (κ2) is 13.1. The summed E-state index contributed by atoms with van der Waals surface area (Å²) in [5.41, 5.74) is 2.76. The molecule has 11 heteroatoms. The SMILES string of the molecule is COc1cc(/C=C2/SC(=O)N(CC(=O)N3CCN(c4ccccc4)CC3)C2=O)cc(Br)c1OCc1ccc(Br)cc1. The summed E-state index contributed by atoms with van der Waals surface area (Å²) in [5, 5.41) is -0.460. The fraction of sp³-hybridized carbons (Fsp3) is 0.233. The molecule has 0 aliphatic carbocycles. The van der Waals surface area contributed by atoms with Crippen molar-refractivity contribution in [1.82, 2.24) is 9.80 Å². The zero-order valence-corrected chi connectivity index (χ0v) is 26.2. The first-order chi connectivity index (χ1) is 19.8. The summed E-state index contributed by atoms with van der Waals surface area (Å²) in [6.07, 6.45) is 1.62. The van der Waals surface area contributed by atoms with Crippen LogP contribution < -0.4 is 14.4 Å². The minimum absolute atomic E-state index is 0.238. The van der Waals surface area contributed by atoms with Gasteiger partial charge in [-0.15, -0.1) is 0 Å². The lowest BCUT2D eigenvalue weighted by Gasteiger charge is -2.36. The first-order valence-corrected chi connectivity index (χ1v) is 15.3. The van der Waals surface area contributed by atoms with Crippen LogP contribution in [0.5, 0.6) is 11.5 Å². The maximum absolute atomic E-state index is 13.1. The van der Waals surface area contributed by atoms with E-state index in [1.807, 2.05) is 54.6 Å². The van der Waals surface area contributed by atoms with Crippen molar-refractivity contribution in [2.75, 3.05) is 44.7 Å². The minimum Gasteiger partial charge on any atom is -0.493 e. The standard InChI is InChI=1S/C30H27Br2N3O5S/c1-39-25-16-21(15-24(32)28(25)40-19-20-7-9-22(31)10-8-20)17-26-29(37)35(30(38)41-26)18-27(36)34-13-11-33(12-14-34)23-5-3-2-4-6-23/h2-10,15-17H,11-14,18-19H2,1H3/b26-17+. The Kier molecular flexibility index (Phi) is 9.36. The summed E-state index contributed by atoms with van der Waals surface area (Å²) in [7, 11) is 1.54. The smallest absolute Gasteiger partial charge is 0.294 e. The van der Waals surface area contributed by atoms with E-state index < -0.39 is 11.1 Å². The van der Waals surface area contributed by atoms with Crippen molar-refractivity contribution in [3.05, 3.63) is 91.7 Å². The van der Waals surface area contributed by atoms with Crippen LogP contribution in [0.25, 0.3) is 6.08 Å². The fourth-order valence-corrected chi connectivity index (χ4v) is 6.25. The van der Waals surface area contributed by atoms with Gasteiger partial charge in [-0.1, -0.05) is 46.3 Å². The van der Waals surface area contributed by atoms with Crippen molar-refractivity contribution in [1.29, 1.82) is 0 Å². The molecule has 3 amide bonds. The Labute approximate surface area is 259 Å². The second-order valence-corrected chi connectivity index (χ2v) is 12.2. The number of imide groups is 1. The average molecular weight is 701 g/mol. The highest BCUT2D eigenvalue weighted by molar-refractivity contribution is 9.10. The Morgan fingerprint density at radius 1 is 0.976 bits per heavy atom. The molecule has 2 fully saturated rings. The van der Waals surface area contributed by atoms with Crippen molar-refractivity contribution in [2.45, 2.75) is 6.61 Å². The van der Waals surface area contributed by atoms with Crippen molar-refractivity contribution in [3.63, 3.8) is 0 Å². The number of amides is 3. The van der Waals surface area contributed by atoms with E-state index in [0.717, 1.165) is 32.4 Å². The molecule has 0 unspecified atom stereocenters. The van der Waals surface area contributed by atoms with Crippen LogP contribution in [0.1, 0.15) is 11.1 Å². The van der Waals surface area contributed by atoms with Crippen LogP contribution in [0.2, 0.25) is 0 Å². The number of thioether (sulfide) groups is 1. The van der Waals surface area contributed by atoms with Gasteiger partial charge in [-0.3, -0.25) is 19.3 Å². The number of ether oxygens (including phenoxy) is 2. The lowest BCUT2D eigenvalue weighted by Crippen LogP contribution is -2.51. The highest BCUT2D eigenvalue weighted by Gasteiger charge is 2.37. The van der Waals surface area contributed by atoms with E-state index in [2.05, 4.69) is 36.8 Å². The van der Waals surface area contributed by atoms with Crippen LogP contribution in [-0.4, -0.2) is 66.7 Å². The van der Waals surface area contributed by atoms with Gasteiger partial charge in [0.25, 0.3) is 11.1 Å². The zero-order valence-electron chi connectivity index (χ0n) is 22.2. The Balaban J connectivity index is 1.22. The lowest BCUT2D eigenvalue weighted by atomic mass is 10.1. The van der Waals surface area contributed by atoms with Crippen LogP contribution in [0, 0.1) is 0 Å². The number of anilines is 1. The van der Waals surface area contributed by atoms with E-state index in [-0.39, 0.29) is 17.4 Å². The topological polar surface area (TPSA) is 79.4 Å². The van der Waals surface area contributed by atoms with Crippen LogP contribution in [0.4, 0.5) is 10.5 Å². The molecular formula is C30H27Br2N3O5S. The van der Waals surface area contributed by atoms with Gasteiger partial charge in [0.2, 0.25) is 5.91 Å². The zero-order chi connectivity index (χ0) is 28.9. The van der Waals surface area contributed by atoms with E-state index in [4.69, 9.17) is 9.47 Å². The Morgan fingerprint density at radius 2 is 1.68 bits per heavy atom. The number of benzene rings is 3. The summed E-state index contributed by atoms with van der Waals surface area (Å²) >= 11 is 7.79. The van der Waals surface area contributed by atoms with Crippen LogP contribution in [0.3, 0.4) is 0 Å². The molecule has 2 heterocycles. The maximum atomic E-state index is 13.1. The van der Waals surface area contributed by atoms with Crippen molar-refractivity contribution >= 4 is 72.4 Å². The molecule has 0 bridgehead atoms. The molecule has 5 rings (SSSR count). The fourth-order valence-electron chi connectivity index (χ4n) is 4.58. The van der Waals surface area contributed by atoms with E-state index in [9.17, 15) is 14.4 Å². The van der Waals surface area contributed by atoms with Crippen LogP contribution >= 0.6 is 43.6 Å². The van der Waals surface area contributed by atoms with Gasteiger partial charge in [-0.2, -0.15) is 0 Å². The van der Waals surface area contributed by atoms with Gasteiger partial charge in [-0.25, -0.2) is 0 Å². The van der Waals surface area contributed by atoms with Crippen molar-refractivity contribution in [2.24, 2.45) is 0 Å². The van der Waals surface area contributed by atoms with E-state index in [1.54, 1.807) is 23.1 Å². The van der Waals surface area contributed by atoms with Crippen LogP contribution in [0.15, 0.2) is 80.6 Å². The number of para-hydroxylation sites is 1. The van der Waals surface area contributed by atoms with Gasteiger partial charge in [0, 0.05) is 36.3 Å². The molecule has 212 valence electrons. The molecule has 0 aromatic heterocycles. The number of hydrogen-bond acceptors (Lipinski definition) is 7. The van der Waals surface area contributed by atoms with E-state index >= 15 is 0 Å². The number of methoxy groups -OCH3 is 1. The normalized spacial score (nSPS) is 16.5. The van der Waals surface area contributed by atoms with Crippen molar-refractivity contribution < 1.29 is 23.9 Å². The summed E-state index contributed by atoms with van der Waals surface area (Å²) < 4.78 is 13.2. The number of carbonyl (C=O) groups is 3. The highest BCUT2D eigenvalue weighted by Crippen LogP contribution is 2.39. The maximum Gasteiger partial charge on any atom is 0.294 e. The predicted molar refractivity (Wildman–Crippen MR) is 167 cm³/mol. The van der Waals surface area contributed by atoms with Crippen molar-refractivity contribution in [3.8, 4) is 11.5 Å². The predicted octanol–water partition coefficient (Wildman–Crippen LogP) is 6.18. The molecule has 0 spiro atoms. The minimum atomic E-state index is -0.484. The van der Waals surface area contributed by atoms with E-state index in [0.29, 0.717) is 54.3 Å². The molecular weight excluding hydrogens is 674 g/mol. The summed E-state index contributed by atoms with van der Waals surface area (Å²) in [6.45, 7) is 2.51. The Morgan fingerprint density at radius 3 is 2.37 bits per heavy atom. The van der Waals surface area contributed by atoms with Gasteiger partial charge in [0.15, 0.2) is 11.5 Å². The molecule has 2 aliphatic rings. The Hall–Kier alpha value is -3.28. The first-order valence-electron chi connectivity index (χ1n) is 12.9. The second-order valence-electron chi connectivity index (χ2n) is 9.42. The van der Waals surface area contributed by atoms with Gasteiger partial charge < -0.3 is 19.3 Å². The molecule has 41 heavy (non-hydrogen) atoms. The van der Waals surface area contributed by atoms with Gasteiger partial charge in [0.1, 0.15) is 13.2 Å². The van der Waals surface area contributed by atoms with E-state index in [1.165, 1.54) is 7.11 Å². The lowest BCUT2D eigenvalue weighted by molar-refractivity contribution is -0.136. The van der Waals surface area contributed by atoms with Crippen LogP contribution in [-0.2, 0) is 16.2 Å². The number of rotatable bonds is 8. The number of hydrogen-bond donors (Lipinski definition) is 0. The number of nitrogens with zero attached hydrogens (tertiary/aromatic N) is 3. The average Bonchev–Trinajstić information content (AvgIpc) is 3.24. The molecule has 2 aliphatic heterocycles. The third kappa shape index (κ3) is 6.97. The number of piperazine rings is 1. The molecule has 0 N–H and O–H groups in total. The summed E-state index contributed by atoms with van der Waals surface area (Å²) in [4.78, 5) is 44.0. The monoisotopic (exact) mass is 699 g/mol. The number of halogens is 2. The quantitative estimate of drug-likeness (QED) is 0.260. The molecule has 0 atom stereocenters. The van der Waals surface area contributed by atoms with Gasteiger partial charge in [0.05, 0.1) is 16.5 Å². The van der Waals surface area contributed by atoms with Gasteiger partial charge >= 0.3 is 0 Å². The first kappa shape index (κ1) is 29.2. The Bertz CT molecular complexity index is 1480. The summed E-state index contributed by atoms with van der Waals surface area (Å²) in [6, 6.07) is 21.4. The largest absolute Gasteiger partial charge is 0.493 e. The highest BCUT2D eigenvalue weighted by atomic mass is 79.9. The van der Waals surface area contributed by atoms with Gasteiger partial charge in [-0.05, 0) is 81.3 Å². The molecule has 3 aromatic rings.